The van der Waals surface area contributed by atoms with Crippen molar-refractivity contribution in [3.05, 3.63) is 12.3 Å². The molecule has 72 valence electrons. The molecule has 0 bridgehead atoms. The smallest absolute Gasteiger partial charge is 0.412 e. The van der Waals surface area contributed by atoms with Gasteiger partial charge in [0.2, 0.25) is 0 Å². The highest BCUT2D eigenvalue weighted by Crippen LogP contribution is 2.15. The monoisotopic (exact) mass is 182 g/mol. The first kappa shape index (κ1) is 11.3. The van der Waals surface area contributed by atoms with Crippen molar-refractivity contribution in [3.63, 3.8) is 0 Å². The molecule has 0 aliphatic heterocycles. The van der Waals surface area contributed by atoms with Gasteiger partial charge >= 0.3 is 6.18 Å². The van der Waals surface area contributed by atoms with E-state index < -0.39 is 6.18 Å². The van der Waals surface area contributed by atoms with Gasteiger partial charge in [-0.2, -0.15) is 13.2 Å². The lowest BCUT2D eigenvalue weighted by molar-refractivity contribution is -0.0817. The van der Waals surface area contributed by atoms with Crippen molar-refractivity contribution in [3.8, 4) is 0 Å². The first-order chi connectivity index (χ1) is 5.45. The third-order valence-electron chi connectivity index (χ3n) is 1.43. The van der Waals surface area contributed by atoms with Crippen molar-refractivity contribution in [2.24, 2.45) is 5.92 Å². The molecule has 12 heavy (non-hydrogen) atoms. The van der Waals surface area contributed by atoms with E-state index in [0.29, 0.717) is 18.8 Å². The Hall–Kier alpha value is -0.670. The van der Waals surface area contributed by atoms with Crippen LogP contribution in [0.1, 0.15) is 20.3 Å². The average molecular weight is 182 g/mol. The van der Waals surface area contributed by atoms with Crippen molar-refractivity contribution in [2.75, 3.05) is 6.61 Å². The molecule has 0 aliphatic carbocycles. The maximum absolute atomic E-state index is 11.5. The maximum Gasteiger partial charge on any atom is 0.412 e. The van der Waals surface area contributed by atoms with Gasteiger partial charge in [-0.3, -0.25) is 0 Å². The zero-order valence-electron chi connectivity index (χ0n) is 7.19. The van der Waals surface area contributed by atoms with Gasteiger partial charge in [-0.25, -0.2) is 0 Å². The lowest BCUT2D eigenvalue weighted by Crippen LogP contribution is -2.04. The van der Waals surface area contributed by atoms with Crippen LogP contribution in [0.2, 0.25) is 0 Å². The number of ether oxygens (including phenoxy) is 1. The van der Waals surface area contributed by atoms with Crippen LogP contribution in [0.15, 0.2) is 12.3 Å². The van der Waals surface area contributed by atoms with Crippen molar-refractivity contribution < 1.29 is 17.9 Å². The minimum atomic E-state index is -4.27. The molecule has 1 unspecified atom stereocenters. The van der Waals surface area contributed by atoms with Gasteiger partial charge in [-0.1, -0.05) is 20.3 Å². The molecule has 0 radical (unpaired) electrons. The number of allylic oxidation sites excluding steroid dienone is 1. The summed E-state index contributed by atoms with van der Waals surface area (Å²) in [6.07, 6.45) is -2.57. The molecular formula is C8H13F3O. The van der Waals surface area contributed by atoms with E-state index in [1.807, 2.05) is 13.8 Å². The Morgan fingerprint density at radius 1 is 1.42 bits per heavy atom. The summed E-state index contributed by atoms with van der Waals surface area (Å²) >= 11 is 0. The first-order valence-electron chi connectivity index (χ1n) is 3.81. The van der Waals surface area contributed by atoms with Gasteiger partial charge in [-0.05, 0) is 5.92 Å². The zero-order valence-corrected chi connectivity index (χ0v) is 7.19. The molecule has 0 amide bonds. The van der Waals surface area contributed by atoms with Gasteiger partial charge in [0.1, 0.15) is 0 Å². The highest BCUT2D eigenvalue weighted by molar-refractivity contribution is 4.82. The topological polar surface area (TPSA) is 9.23 Å². The Labute approximate surface area is 70.2 Å². The second-order valence-corrected chi connectivity index (χ2v) is 2.69. The number of hydrogen-bond donors (Lipinski definition) is 0. The van der Waals surface area contributed by atoms with E-state index in [1.165, 1.54) is 0 Å². The molecular weight excluding hydrogens is 169 g/mol. The van der Waals surface area contributed by atoms with Crippen LogP contribution in [0, 0.1) is 5.92 Å². The standard InChI is InChI=1S/C8H13F3O/c1-3-7(2)6-12-5-4-8(9,10)11/h4-5,7H,3,6H2,1-2H3/b5-4-. The zero-order chi connectivity index (χ0) is 9.61. The van der Waals surface area contributed by atoms with E-state index in [9.17, 15) is 13.2 Å². The van der Waals surface area contributed by atoms with Crippen LogP contribution >= 0.6 is 0 Å². The van der Waals surface area contributed by atoms with Crippen molar-refractivity contribution in [2.45, 2.75) is 26.4 Å². The molecule has 0 spiro atoms. The molecule has 1 nitrogen and oxygen atoms in total. The number of rotatable bonds is 4. The van der Waals surface area contributed by atoms with Crippen LogP contribution < -0.4 is 0 Å². The van der Waals surface area contributed by atoms with Gasteiger partial charge in [0.15, 0.2) is 0 Å². The number of alkyl halides is 3. The fourth-order valence-corrected chi connectivity index (χ4v) is 0.463. The molecule has 0 N–H and O–H groups in total. The minimum Gasteiger partial charge on any atom is -0.501 e. The maximum atomic E-state index is 11.5. The second-order valence-electron chi connectivity index (χ2n) is 2.69. The lowest BCUT2D eigenvalue weighted by Gasteiger charge is -2.06. The third-order valence-corrected chi connectivity index (χ3v) is 1.43. The van der Waals surface area contributed by atoms with Gasteiger partial charge in [0.25, 0.3) is 0 Å². The molecule has 0 aromatic heterocycles. The molecule has 0 aromatic carbocycles. The highest BCUT2D eigenvalue weighted by Gasteiger charge is 2.22. The SMILES string of the molecule is CCC(C)CO/C=C\C(F)(F)F. The average Bonchev–Trinajstić information content (AvgIpc) is 1.96. The third kappa shape index (κ3) is 7.44. The van der Waals surface area contributed by atoms with Crippen molar-refractivity contribution >= 4 is 0 Å². The Bertz CT molecular complexity index is 140. The van der Waals surface area contributed by atoms with Crippen molar-refractivity contribution in [1.29, 1.82) is 0 Å². The van der Waals surface area contributed by atoms with E-state index in [-0.39, 0.29) is 6.08 Å². The molecule has 0 saturated carbocycles. The van der Waals surface area contributed by atoms with Gasteiger partial charge in [0, 0.05) is 0 Å². The summed E-state index contributed by atoms with van der Waals surface area (Å²) in [6, 6.07) is 0. The lowest BCUT2D eigenvalue weighted by atomic mass is 10.1. The predicted octanol–water partition coefficient (Wildman–Crippen LogP) is 3.13. The van der Waals surface area contributed by atoms with Crippen LogP contribution in [-0.2, 0) is 4.74 Å². The molecule has 0 fully saturated rings. The largest absolute Gasteiger partial charge is 0.501 e. The Morgan fingerprint density at radius 3 is 2.42 bits per heavy atom. The van der Waals surface area contributed by atoms with Crippen molar-refractivity contribution in [1.82, 2.24) is 0 Å². The summed E-state index contributed by atoms with van der Waals surface area (Å²) in [4.78, 5) is 0. The number of hydrogen-bond acceptors (Lipinski definition) is 1. The van der Waals surface area contributed by atoms with Crippen LogP contribution in [0.4, 0.5) is 13.2 Å². The van der Waals surface area contributed by atoms with Crippen LogP contribution in [0.5, 0.6) is 0 Å². The fraction of sp³-hybridized carbons (Fsp3) is 0.750. The summed E-state index contributed by atoms with van der Waals surface area (Å²) in [7, 11) is 0. The van der Waals surface area contributed by atoms with Gasteiger partial charge in [-0.15, -0.1) is 0 Å². The summed E-state index contributed by atoms with van der Waals surface area (Å²) in [5, 5.41) is 0. The Kier molecular flexibility index (Phi) is 4.78. The fourth-order valence-electron chi connectivity index (χ4n) is 0.463. The van der Waals surface area contributed by atoms with Crippen LogP contribution in [-0.4, -0.2) is 12.8 Å². The van der Waals surface area contributed by atoms with E-state index >= 15 is 0 Å². The minimum absolute atomic E-state index is 0.0926. The highest BCUT2D eigenvalue weighted by atomic mass is 19.4. The van der Waals surface area contributed by atoms with E-state index in [2.05, 4.69) is 4.74 Å². The predicted molar refractivity (Wildman–Crippen MR) is 40.6 cm³/mol. The van der Waals surface area contributed by atoms with Crippen LogP contribution in [0.3, 0.4) is 0 Å². The Balaban J connectivity index is 3.49. The molecule has 0 saturated heterocycles. The van der Waals surface area contributed by atoms with E-state index in [0.717, 1.165) is 6.42 Å². The second kappa shape index (κ2) is 5.06. The molecule has 0 aromatic rings. The van der Waals surface area contributed by atoms with E-state index in [4.69, 9.17) is 0 Å². The van der Waals surface area contributed by atoms with Gasteiger partial charge < -0.3 is 4.74 Å². The quantitative estimate of drug-likeness (QED) is 0.607. The summed E-state index contributed by atoms with van der Waals surface area (Å²) < 4.78 is 39.1. The van der Waals surface area contributed by atoms with Crippen LogP contribution in [0.25, 0.3) is 0 Å². The molecule has 4 heteroatoms. The Morgan fingerprint density at radius 2 is 2.00 bits per heavy atom. The summed E-state index contributed by atoms with van der Waals surface area (Å²) in [5.74, 6) is 0.294. The molecule has 1 atom stereocenters. The molecule has 0 heterocycles. The first-order valence-corrected chi connectivity index (χ1v) is 3.81. The van der Waals surface area contributed by atoms with E-state index in [1.54, 1.807) is 0 Å². The normalized spacial score (nSPS) is 15.1. The number of halogens is 3. The summed E-state index contributed by atoms with van der Waals surface area (Å²) in [5.41, 5.74) is 0. The molecule has 0 rings (SSSR count). The summed E-state index contributed by atoms with van der Waals surface area (Å²) in [6.45, 7) is 4.21. The van der Waals surface area contributed by atoms with Gasteiger partial charge in [0.05, 0.1) is 18.9 Å². The molecule has 0 aliphatic rings.